The lowest BCUT2D eigenvalue weighted by Crippen LogP contribution is -2.20. The average molecular weight is 248 g/mol. The minimum atomic E-state index is -0.676. The molecule has 0 aliphatic rings. The zero-order valence-corrected chi connectivity index (χ0v) is 9.95. The van der Waals surface area contributed by atoms with Crippen molar-refractivity contribution < 1.29 is 4.79 Å². The highest BCUT2D eigenvalue weighted by molar-refractivity contribution is 6.32. The van der Waals surface area contributed by atoms with Crippen molar-refractivity contribution in [2.75, 3.05) is 5.32 Å². The first-order chi connectivity index (χ1) is 8.12. The Morgan fingerprint density at radius 2 is 2.24 bits per heavy atom. The van der Waals surface area contributed by atoms with Crippen LogP contribution in [0.3, 0.4) is 0 Å². The van der Waals surface area contributed by atoms with E-state index in [1.165, 1.54) is 12.1 Å². The third kappa shape index (κ3) is 3.21. The maximum Gasteiger partial charge on any atom is 0.241 e. The van der Waals surface area contributed by atoms with Crippen LogP contribution in [-0.2, 0) is 4.79 Å². The molecule has 0 aliphatic carbocycles. The zero-order chi connectivity index (χ0) is 12.8. The molecule has 1 aromatic rings. The van der Waals surface area contributed by atoms with Crippen LogP contribution in [0.4, 0.5) is 5.69 Å². The summed E-state index contributed by atoms with van der Waals surface area (Å²) in [5.41, 5.74) is 0.824. The van der Waals surface area contributed by atoms with Crippen LogP contribution in [0.2, 0.25) is 5.02 Å². The molecule has 1 rings (SSSR count). The van der Waals surface area contributed by atoms with E-state index >= 15 is 0 Å². The van der Waals surface area contributed by atoms with E-state index in [4.69, 9.17) is 22.1 Å². The second-order valence-electron chi connectivity index (χ2n) is 3.39. The third-order valence-corrected chi connectivity index (χ3v) is 2.55. The Hall–Kier alpha value is -2.04. The summed E-state index contributed by atoms with van der Waals surface area (Å²) in [6.07, 6.45) is 0.451. The molecule has 5 heteroatoms. The van der Waals surface area contributed by atoms with E-state index in [2.05, 4.69) is 5.32 Å². The molecule has 0 spiro atoms. The van der Waals surface area contributed by atoms with Gasteiger partial charge in [-0.15, -0.1) is 0 Å². The largest absolute Gasteiger partial charge is 0.325 e. The third-order valence-electron chi connectivity index (χ3n) is 2.24. The average Bonchev–Trinajstić information content (AvgIpc) is 2.31. The number of hydrogen-bond acceptors (Lipinski definition) is 3. The van der Waals surface area contributed by atoms with Gasteiger partial charge in [0.25, 0.3) is 0 Å². The molecule has 0 fully saturated rings. The molecule has 1 aromatic carbocycles. The summed E-state index contributed by atoms with van der Waals surface area (Å²) in [6, 6.07) is 8.42. The van der Waals surface area contributed by atoms with Crippen LogP contribution in [-0.4, -0.2) is 5.91 Å². The Labute approximate surface area is 104 Å². The van der Waals surface area contributed by atoms with Crippen molar-refractivity contribution in [2.24, 2.45) is 5.92 Å². The predicted molar refractivity (Wildman–Crippen MR) is 64.2 cm³/mol. The van der Waals surface area contributed by atoms with Gasteiger partial charge in [0.1, 0.15) is 12.0 Å². The molecule has 1 amide bonds. The molecule has 86 valence electrons. The molecule has 1 unspecified atom stereocenters. The normalized spacial score (nSPS) is 11.1. The van der Waals surface area contributed by atoms with Gasteiger partial charge in [-0.2, -0.15) is 10.5 Å². The predicted octanol–water partition coefficient (Wildman–Crippen LogP) is 2.70. The molecule has 0 saturated heterocycles. The first-order valence-electron chi connectivity index (χ1n) is 5.02. The van der Waals surface area contributed by atoms with Gasteiger partial charge < -0.3 is 5.32 Å². The summed E-state index contributed by atoms with van der Waals surface area (Å²) in [5, 5.41) is 20.3. The number of hydrogen-bond donors (Lipinski definition) is 1. The second kappa shape index (κ2) is 5.89. The van der Waals surface area contributed by atoms with Gasteiger partial charge in [0, 0.05) is 5.69 Å². The van der Waals surface area contributed by atoms with E-state index in [0.29, 0.717) is 17.7 Å². The topological polar surface area (TPSA) is 76.7 Å². The molecule has 17 heavy (non-hydrogen) atoms. The van der Waals surface area contributed by atoms with E-state index in [0.717, 1.165) is 0 Å². The molecular formula is C12H10ClN3O. The fraction of sp³-hybridized carbons (Fsp3) is 0.250. The first-order valence-corrected chi connectivity index (χ1v) is 5.40. The monoisotopic (exact) mass is 247 g/mol. The number of nitriles is 2. The summed E-state index contributed by atoms with van der Waals surface area (Å²) in [4.78, 5) is 11.6. The summed E-state index contributed by atoms with van der Waals surface area (Å²) in [7, 11) is 0. The van der Waals surface area contributed by atoms with E-state index < -0.39 is 5.92 Å². The van der Waals surface area contributed by atoms with E-state index in [1.54, 1.807) is 13.0 Å². The number of amides is 1. The quantitative estimate of drug-likeness (QED) is 0.892. The first kappa shape index (κ1) is 13.0. The Morgan fingerprint density at radius 3 is 2.71 bits per heavy atom. The maximum absolute atomic E-state index is 11.6. The van der Waals surface area contributed by atoms with E-state index in [-0.39, 0.29) is 10.9 Å². The van der Waals surface area contributed by atoms with Crippen LogP contribution in [0.15, 0.2) is 18.2 Å². The Kier molecular flexibility index (Phi) is 4.51. The fourth-order valence-corrected chi connectivity index (χ4v) is 1.47. The molecule has 1 N–H and O–H groups in total. The minimum absolute atomic E-state index is 0.273. The highest BCUT2D eigenvalue weighted by Crippen LogP contribution is 2.20. The lowest BCUT2D eigenvalue weighted by molar-refractivity contribution is -0.118. The maximum atomic E-state index is 11.6. The molecule has 1 atom stereocenters. The molecule has 4 nitrogen and oxygen atoms in total. The smallest absolute Gasteiger partial charge is 0.241 e. The summed E-state index contributed by atoms with van der Waals surface area (Å²) < 4.78 is 0. The van der Waals surface area contributed by atoms with Crippen molar-refractivity contribution in [1.29, 1.82) is 10.5 Å². The Bertz CT molecular complexity index is 513. The van der Waals surface area contributed by atoms with E-state index in [1.807, 2.05) is 12.1 Å². The number of carbonyl (C=O) groups is 1. The van der Waals surface area contributed by atoms with Crippen LogP contribution in [0, 0.1) is 28.6 Å². The van der Waals surface area contributed by atoms with Crippen molar-refractivity contribution in [3.05, 3.63) is 28.8 Å². The van der Waals surface area contributed by atoms with Crippen molar-refractivity contribution in [3.63, 3.8) is 0 Å². The molecule has 0 bridgehead atoms. The summed E-state index contributed by atoms with van der Waals surface area (Å²) in [6.45, 7) is 1.76. The van der Waals surface area contributed by atoms with Crippen molar-refractivity contribution >= 4 is 23.2 Å². The van der Waals surface area contributed by atoms with Crippen molar-refractivity contribution in [2.45, 2.75) is 13.3 Å². The number of anilines is 1. The molecule has 0 saturated carbocycles. The molecule has 0 radical (unpaired) electrons. The Morgan fingerprint density at radius 1 is 1.53 bits per heavy atom. The van der Waals surface area contributed by atoms with Crippen LogP contribution in [0.1, 0.15) is 18.9 Å². The van der Waals surface area contributed by atoms with Gasteiger partial charge in [-0.25, -0.2) is 0 Å². The molecule has 0 aliphatic heterocycles. The lowest BCUT2D eigenvalue weighted by Gasteiger charge is -2.08. The number of carbonyl (C=O) groups excluding carboxylic acids is 1. The van der Waals surface area contributed by atoms with E-state index in [9.17, 15) is 4.79 Å². The highest BCUT2D eigenvalue weighted by atomic mass is 35.5. The van der Waals surface area contributed by atoms with Gasteiger partial charge in [0.05, 0.1) is 16.7 Å². The lowest BCUT2D eigenvalue weighted by atomic mass is 10.1. The van der Waals surface area contributed by atoms with Crippen LogP contribution in [0.25, 0.3) is 0 Å². The van der Waals surface area contributed by atoms with Gasteiger partial charge in [0.15, 0.2) is 0 Å². The van der Waals surface area contributed by atoms with Gasteiger partial charge in [0.2, 0.25) is 5.91 Å². The molecular weight excluding hydrogens is 238 g/mol. The number of rotatable bonds is 3. The van der Waals surface area contributed by atoms with Gasteiger partial charge in [-0.1, -0.05) is 18.5 Å². The number of nitrogens with zero attached hydrogens (tertiary/aromatic N) is 2. The minimum Gasteiger partial charge on any atom is -0.325 e. The summed E-state index contributed by atoms with van der Waals surface area (Å²) >= 11 is 5.82. The van der Waals surface area contributed by atoms with Crippen molar-refractivity contribution in [1.82, 2.24) is 0 Å². The van der Waals surface area contributed by atoms with Crippen LogP contribution in [0.5, 0.6) is 0 Å². The summed E-state index contributed by atoms with van der Waals surface area (Å²) in [5.74, 6) is -1.04. The number of benzene rings is 1. The van der Waals surface area contributed by atoms with Crippen LogP contribution < -0.4 is 5.32 Å². The van der Waals surface area contributed by atoms with Gasteiger partial charge >= 0.3 is 0 Å². The fourth-order valence-electron chi connectivity index (χ4n) is 1.25. The highest BCUT2D eigenvalue weighted by Gasteiger charge is 2.15. The molecule has 0 aromatic heterocycles. The van der Waals surface area contributed by atoms with Gasteiger partial charge in [-0.3, -0.25) is 4.79 Å². The van der Waals surface area contributed by atoms with Crippen molar-refractivity contribution in [3.8, 4) is 12.1 Å². The number of halogens is 1. The standard InChI is InChI=1S/C12H10ClN3O/c1-2-8(6-14)12(17)16-10-4-3-9(7-15)11(13)5-10/h3-5,8H,2H2,1H3,(H,16,17). The SMILES string of the molecule is CCC(C#N)C(=O)Nc1ccc(C#N)c(Cl)c1. The van der Waals surface area contributed by atoms with Crippen LogP contribution >= 0.6 is 11.6 Å². The zero-order valence-electron chi connectivity index (χ0n) is 9.20. The van der Waals surface area contributed by atoms with Gasteiger partial charge in [-0.05, 0) is 24.6 Å². The number of nitrogens with one attached hydrogen (secondary N) is 1. The molecule has 0 heterocycles. The Balaban J connectivity index is 2.84. The second-order valence-corrected chi connectivity index (χ2v) is 3.79.